The minimum Gasteiger partial charge on any atom is -0.488 e. The highest BCUT2D eigenvalue weighted by molar-refractivity contribution is 6.02. The molecule has 4 nitrogen and oxygen atoms in total. The van der Waals surface area contributed by atoms with Crippen molar-refractivity contribution in [2.45, 2.75) is 26.1 Å². The Hall–Kier alpha value is -3.79. The molecule has 0 aromatic heterocycles. The van der Waals surface area contributed by atoms with Crippen molar-refractivity contribution in [1.82, 2.24) is 4.90 Å². The zero-order chi connectivity index (χ0) is 21.9. The van der Waals surface area contributed by atoms with E-state index >= 15 is 0 Å². The van der Waals surface area contributed by atoms with Gasteiger partial charge < -0.3 is 15.0 Å². The Morgan fingerprint density at radius 2 is 1.62 bits per heavy atom. The number of carbonyl (C=O) groups excluding carboxylic acids is 1. The maximum atomic E-state index is 13.5. The normalized spacial score (nSPS) is 15.3. The van der Waals surface area contributed by atoms with Crippen LogP contribution in [-0.2, 0) is 6.61 Å². The predicted molar refractivity (Wildman–Crippen MR) is 129 cm³/mol. The van der Waals surface area contributed by atoms with Crippen LogP contribution >= 0.6 is 0 Å². The van der Waals surface area contributed by atoms with Crippen molar-refractivity contribution < 1.29 is 9.53 Å². The number of nitrogens with zero attached hydrogens (tertiary/aromatic N) is 1. The molecule has 1 atom stereocenters. The lowest BCUT2D eigenvalue weighted by molar-refractivity contribution is 0.0682. The zero-order valence-electron chi connectivity index (χ0n) is 18.1. The molecule has 1 aliphatic rings. The number of amides is 1. The lowest BCUT2D eigenvalue weighted by Gasteiger charge is -2.39. The number of hydrogen-bond acceptors (Lipinski definition) is 3. The number of rotatable bonds is 6. The van der Waals surface area contributed by atoms with E-state index in [1.807, 2.05) is 65.6 Å². The molecule has 0 saturated heterocycles. The van der Waals surface area contributed by atoms with Gasteiger partial charge in [0.05, 0.1) is 5.56 Å². The third kappa shape index (κ3) is 3.69. The smallest absolute Gasteiger partial charge is 0.257 e. The summed E-state index contributed by atoms with van der Waals surface area (Å²) < 4.78 is 6.36. The van der Waals surface area contributed by atoms with Crippen molar-refractivity contribution in [1.29, 1.82) is 0 Å². The Balaban J connectivity index is 1.63. The van der Waals surface area contributed by atoms with Crippen LogP contribution in [0.3, 0.4) is 0 Å². The Kier molecular flexibility index (Phi) is 5.51. The highest BCUT2D eigenvalue weighted by Gasteiger charge is 2.34. The van der Waals surface area contributed by atoms with Crippen molar-refractivity contribution in [3.8, 4) is 5.75 Å². The Morgan fingerprint density at radius 1 is 0.875 bits per heavy atom. The number of nitrogens with one attached hydrogen (secondary N) is 1. The van der Waals surface area contributed by atoms with Crippen molar-refractivity contribution in [2.75, 3.05) is 11.9 Å². The summed E-state index contributed by atoms with van der Waals surface area (Å²) in [6.07, 6.45) is 0.561. The minimum atomic E-state index is -0.311. The Labute approximate surface area is 188 Å². The fraction of sp³-hybridized carbons (Fsp3) is 0.179. The maximum absolute atomic E-state index is 13.5. The SMILES string of the molecule is CCCN1C(=O)c2ccccc2NC1c1c(OCc2ccccc2)ccc2ccccc12. The third-order valence-electron chi connectivity index (χ3n) is 5.93. The average molecular weight is 423 g/mol. The van der Waals surface area contributed by atoms with Crippen LogP contribution in [0.4, 0.5) is 5.69 Å². The summed E-state index contributed by atoms with van der Waals surface area (Å²) in [6, 6.07) is 30.3. The van der Waals surface area contributed by atoms with Gasteiger partial charge in [0.2, 0.25) is 0 Å². The number of hydrogen-bond donors (Lipinski definition) is 1. The summed E-state index contributed by atoms with van der Waals surface area (Å²) in [6.45, 7) is 3.23. The van der Waals surface area contributed by atoms with E-state index in [1.54, 1.807) is 0 Å². The van der Waals surface area contributed by atoms with E-state index < -0.39 is 0 Å². The molecular formula is C28H26N2O2. The van der Waals surface area contributed by atoms with Gasteiger partial charge in [-0.15, -0.1) is 0 Å². The summed E-state index contributed by atoms with van der Waals surface area (Å²) in [5, 5.41) is 5.85. The van der Waals surface area contributed by atoms with Gasteiger partial charge in [0.25, 0.3) is 5.91 Å². The van der Waals surface area contributed by atoms with Crippen LogP contribution in [0.25, 0.3) is 10.8 Å². The number of para-hydroxylation sites is 1. The lowest BCUT2D eigenvalue weighted by atomic mass is 9.97. The van der Waals surface area contributed by atoms with Gasteiger partial charge in [0.1, 0.15) is 18.5 Å². The molecule has 1 N–H and O–H groups in total. The van der Waals surface area contributed by atoms with Crippen LogP contribution in [0.15, 0.2) is 91.0 Å². The first-order valence-electron chi connectivity index (χ1n) is 11.1. The van der Waals surface area contributed by atoms with Crippen molar-refractivity contribution in [3.05, 3.63) is 108 Å². The summed E-state index contributed by atoms with van der Waals surface area (Å²) in [7, 11) is 0. The van der Waals surface area contributed by atoms with E-state index in [0.717, 1.165) is 39.8 Å². The number of carbonyl (C=O) groups is 1. The molecule has 0 radical (unpaired) electrons. The van der Waals surface area contributed by atoms with E-state index in [0.29, 0.717) is 18.7 Å². The first-order chi connectivity index (χ1) is 15.8. The number of fused-ring (bicyclic) bond motifs is 2. The number of benzene rings is 4. The second-order valence-electron chi connectivity index (χ2n) is 8.06. The average Bonchev–Trinajstić information content (AvgIpc) is 2.85. The van der Waals surface area contributed by atoms with Crippen LogP contribution in [0.1, 0.15) is 41.0 Å². The molecule has 1 aliphatic heterocycles. The quantitative estimate of drug-likeness (QED) is 0.391. The first kappa shape index (κ1) is 20.1. The fourth-order valence-corrected chi connectivity index (χ4v) is 4.41. The second-order valence-corrected chi connectivity index (χ2v) is 8.06. The molecule has 0 bridgehead atoms. The van der Waals surface area contributed by atoms with Crippen molar-refractivity contribution >= 4 is 22.4 Å². The lowest BCUT2D eigenvalue weighted by Crippen LogP contribution is -2.43. The molecule has 1 unspecified atom stereocenters. The highest BCUT2D eigenvalue weighted by atomic mass is 16.5. The summed E-state index contributed by atoms with van der Waals surface area (Å²) in [5.41, 5.74) is 3.67. The van der Waals surface area contributed by atoms with Crippen molar-refractivity contribution in [3.63, 3.8) is 0 Å². The molecular weight excluding hydrogens is 396 g/mol. The molecule has 0 spiro atoms. The van der Waals surface area contributed by atoms with Crippen LogP contribution in [-0.4, -0.2) is 17.4 Å². The molecule has 160 valence electrons. The highest BCUT2D eigenvalue weighted by Crippen LogP contribution is 2.40. The van der Waals surface area contributed by atoms with E-state index in [9.17, 15) is 4.79 Å². The van der Waals surface area contributed by atoms with Crippen LogP contribution in [0.5, 0.6) is 5.75 Å². The number of ether oxygens (including phenoxy) is 1. The molecule has 4 aromatic rings. The first-order valence-corrected chi connectivity index (χ1v) is 11.1. The van der Waals surface area contributed by atoms with Crippen LogP contribution < -0.4 is 10.1 Å². The zero-order valence-corrected chi connectivity index (χ0v) is 18.1. The molecule has 32 heavy (non-hydrogen) atoms. The molecule has 5 rings (SSSR count). The van der Waals surface area contributed by atoms with Gasteiger partial charge in [-0.1, -0.05) is 79.7 Å². The van der Waals surface area contributed by atoms with Gasteiger partial charge in [-0.2, -0.15) is 0 Å². The summed E-state index contributed by atoms with van der Waals surface area (Å²) in [4.78, 5) is 15.4. The van der Waals surface area contributed by atoms with Crippen LogP contribution in [0, 0.1) is 0 Å². The standard InChI is InChI=1S/C28H26N2O2/c1-2-18-30-27(29-24-15-9-8-14-23(24)28(30)31)26-22-13-7-6-12-21(22)16-17-25(26)32-19-20-10-4-3-5-11-20/h3-17,27,29H,2,18-19H2,1H3. The molecule has 1 amide bonds. The van der Waals surface area contributed by atoms with E-state index in [4.69, 9.17) is 4.74 Å². The van der Waals surface area contributed by atoms with Gasteiger partial charge in [-0.3, -0.25) is 4.79 Å². The second kappa shape index (κ2) is 8.75. The summed E-state index contributed by atoms with van der Waals surface area (Å²) >= 11 is 0. The molecule has 0 fully saturated rings. The number of anilines is 1. The Bertz CT molecular complexity index is 1250. The third-order valence-corrected chi connectivity index (χ3v) is 5.93. The van der Waals surface area contributed by atoms with Gasteiger partial charge in [0, 0.05) is 17.8 Å². The Morgan fingerprint density at radius 3 is 2.47 bits per heavy atom. The molecule has 1 heterocycles. The minimum absolute atomic E-state index is 0.0492. The monoisotopic (exact) mass is 422 g/mol. The molecule has 0 aliphatic carbocycles. The fourth-order valence-electron chi connectivity index (χ4n) is 4.41. The molecule has 0 saturated carbocycles. The maximum Gasteiger partial charge on any atom is 0.257 e. The van der Waals surface area contributed by atoms with E-state index in [2.05, 4.69) is 42.6 Å². The van der Waals surface area contributed by atoms with Gasteiger partial charge in [-0.25, -0.2) is 0 Å². The van der Waals surface area contributed by atoms with Gasteiger partial charge in [-0.05, 0) is 41.0 Å². The summed E-state index contributed by atoms with van der Waals surface area (Å²) in [5.74, 6) is 0.839. The van der Waals surface area contributed by atoms with E-state index in [1.165, 1.54) is 0 Å². The van der Waals surface area contributed by atoms with Gasteiger partial charge in [0.15, 0.2) is 0 Å². The van der Waals surface area contributed by atoms with Gasteiger partial charge >= 0.3 is 0 Å². The van der Waals surface area contributed by atoms with E-state index in [-0.39, 0.29) is 12.1 Å². The van der Waals surface area contributed by atoms with Crippen LogP contribution in [0.2, 0.25) is 0 Å². The molecule has 4 heteroatoms. The largest absolute Gasteiger partial charge is 0.488 e. The molecule has 4 aromatic carbocycles. The topological polar surface area (TPSA) is 41.6 Å². The van der Waals surface area contributed by atoms with Crippen molar-refractivity contribution in [2.24, 2.45) is 0 Å². The predicted octanol–water partition coefficient (Wildman–Crippen LogP) is 6.40.